The molecular formula is C14H19NO. The van der Waals surface area contributed by atoms with E-state index in [0.717, 1.165) is 19.1 Å². The second-order valence-electron chi connectivity index (χ2n) is 5.04. The maximum absolute atomic E-state index is 5.81. The van der Waals surface area contributed by atoms with Gasteiger partial charge in [-0.25, -0.2) is 0 Å². The predicted molar refractivity (Wildman–Crippen MR) is 64.2 cm³/mol. The van der Waals surface area contributed by atoms with Crippen LogP contribution < -0.4 is 0 Å². The van der Waals surface area contributed by atoms with Crippen LogP contribution in [0.5, 0.6) is 0 Å². The molecule has 2 fully saturated rings. The van der Waals surface area contributed by atoms with Crippen molar-refractivity contribution in [1.29, 1.82) is 0 Å². The van der Waals surface area contributed by atoms with Gasteiger partial charge in [0.25, 0.3) is 0 Å². The van der Waals surface area contributed by atoms with E-state index in [2.05, 4.69) is 29.2 Å². The predicted octanol–water partition coefficient (Wildman–Crippen LogP) is 2.30. The third kappa shape index (κ3) is 2.13. The third-order valence-corrected chi connectivity index (χ3v) is 3.86. The number of benzene rings is 1. The van der Waals surface area contributed by atoms with Gasteiger partial charge in [-0.05, 0) is 30.9 Å². The minimum atomic E-state index is 0.697. The Hall–Kier alpha value is -0.860. The number of nitrogens with zero attached hydrogens (tertiary/aromatic N) is 1. The molecule has 16 heavy (non-hydrogen) atoms. The Morgan fingerprint density at radius 1 is 1.25 bits per heavy atom. The van der Waals surface area contributed by atoms with Crippen LogP contribution in [0.3, 0.4) is 0 Å². The van der Waals surface area contributed by atoms with Crippen molar-refractivity contribution < 1.29 is 4.74 Å². The summed E-state index contributed by atoms with van der Waals surface area (Å²) in [5, 5.41) is 0. The molecule has 0 aromatic heterocycles. The molecule has 0 radical (unpaired) electrons. The molecule has 2 aliphatic heterocycles. The minimum absolute atomic E-state index is 0.697. The highest BCUT2D eigenvalue weighted by molar-refractivity contribution is 5.13. The molecule has 0 aliphatic carbocycles. The van der Waals surface area contributed by atoms with Gasteiger partial charge in [0.1, 0.15) is 0 Å². The van der Waals surface area contributed by atoms with E-state index in [1.165, 1.54) is 31.5 Å². The standard InChI is InChI=1S/C14H19NO/c1-2-4-12(5-3-1)10-16-11-14-8-13-6-7-15(14)9-13/h1-5,13-14H,6-11H2/t13?,14-/m0/s1. The molecule has 2 bridgehead atoms. The second kappa shape index (κ2) is 4.56. The summed E-state index contributed by atoms with van der Waals surface area (Å²) in [7, 11) is 0. The fraction of sp³-hybridized carbons (Fsp3) is 0.571. The van der Waals surface area contributed by atoms with Crippen molar-refractivity contribution in [3.63, 3.8) is 0 Å². The molecule has 2 saturated heterocycles. The Morgan fingerprint density at radius 2 is 2.12 bits per heavy atom. The maximum Gasteiger partial charge on any atom is 0.0717 e. The minimum Gasteiger partial charge on any atom is -0.375 e. The molecule has 3 rings (SSSR count). The van der Waals surface area contributed by atoms with Gasteiger partial charge >= 0.3 is 0 Å². The first-order valence-corrected chi connectivity index (χ1v) is 6.27. The lowest BCUT2D eigenvalue weighted by atomic mass is 10.0. The van der Waals surface area contributed by atoms with Crippen LogP contribution in [-0.2, 0) is 11.3 Å². The SMILES string of the molecule is c1ccc(COC[C@@H]2CC3CCN2C3)cc1. The van der Waals surface area contributed by atoms with Crippen LogP contribution in [0.25, 0.3) is 0 Å². The van der Waals surface area contributed by atoms with Crippen LogP contribution in [0, 0.1) is 5.92 Å². The van der Waals surface area contributed by atoms with Crippen molar-refractivity contribution >= 4 is 0 Å². The van der Waals surface area contributed by atoms with E-state index in [-0.39, 0.29) is 0 Å². The summed E-state index contributed by atoms with van der Waals surface area (Å²) in [5.74, 6) is 0.963. The monoisotopic (exact) mass is 217 g/mol. The van der Waals surface area contributed by atoms with E-state index in [9.17, 15) is 0 Å². The van der Waals surface area contributed by atoms with E-state index >= 15 is 0 Å². The zero-order chi connectivity index (χ0) is 10.8. The Balaban J connectivity index is 1.44. The van der Waals surface area contributed by atoms with Gasteiger partial charge in [-0.15, -0.1) is 0 Å². The van der Waals surface area contributed by atoms with Crippen LogP contribution in [-0.4, -0.2) is 30.6 Å². The normalized spacial score (nSPS) is 32.1. The van der Waals surface area contributed by atoms with Gasteiger partial charge < -0.3 is 4.74 Å². The highest BCUT2D eigenvalue weighted by Gasteiger charge is 2.37. The molecule has 0 saturated carbocycles. The second-order valence-corrected chi connectivity index (χ2v) is 5.04. The highest BCUT2D eigenvalue weighted by Crippen LogP contribution is 2.32. The van der Waals surface area contributed by atoms with Gasteiger partial charge in [-0.1, -0.05) is 30.3 Å². The highest BCUT2D eigenvalue weighted by atomic mass is 16.5. The summed E-state index contributed by atoms with van der Waals surface area (Å²) < 4.78 is 5.81. The summed E-state index contributed by atoms with van der Waals surface area (Å²) in [6.45, 7) is 4.28. The van der Waals surface area contributed by atoms with Crippen LogP contribution >= 0.6 is 0 Å². The van der Waals surface area contributed by atoms with E-state index in [1.54, 1.807) is 0 Å². The number of hydrogen-bond donors (Lipinski definition) is 0. The van der Waals surface area contributed by atoms with Gasteiger partial charge in [0.05, 0.1) is 13.2 Å². The number of ether oxygens (including phenoxy) is 1. The van der Waals surface area contributed by atoms with Gasteiger partial charge in [-0.3, -0.25) is 4.90 Å². The first kappa shape index (κ1) is 10.3. The number of fused-ring (bicyclic) bond motifs is 2. The number of hydrogen-bond acceptors (Lipinski definition) is 2. The Morgan fingerprint density at radius 3 is 2.81 bits per heavy atom. The van der Waals surface area contributed by atoms with Crippen molar-refractivity contribution in [3.8, 4) is 0 Å². The van der Waals surface area contributed by atoms with Crippen molar-refractivity contribution in [3.05, 3.63) is 35.9 Å². The van der Waals surface area contributed by atoms with Crippen LogP contribution in [0.2, 0.25) is 0 Å². The first-order chi connectivity index (χ1) is 7.92. The van der Waals surface area contributed by atoms with Gasteiger partial charge in [-0.2, -0.15) is 0 Å². The lowest BCUT2D eigenvalue weighted by Gasteiger charge is -2.24. The van der Waals surface area contributed by atoms with Crippen molar-refractivity contribution in [2.45, 2.75) is 25.5 Å². The summed E-state index contributed by atoms with van der Waals surface area (Å²) in [4.78, 5) is 2.59. The summed E-state index contributed by atoms with van der Waals surface area (Å²) in [6.07, 6.45) is 2.77. The fourth-order valence-electron chi connectivity index (χ4n) is 2.98. The van der Waals surface area contributed by atoms with Crippen LogP contribution in [0.1, 0.15) is 18.4 Å². The molecule has 2 nitrogen and oxygen atoms in total. The maximum atomic E-state index is 5.81. The van der Waals surface area contributed by atoms with E-state index in [4.69, 9.17) is 4.74 Å². The molecule has 0 spiro atoms. The Labute approximate surface area is 97.2 Å². The molecule has 86 valence electrons. The molecular weight excluding hydrogens is 198 g/mol. The van der Waals surface area contributed by atoms with Crippen LogP contribution in [0.4, 0.5) is 0 Å². The molecule has 0 amide bonds. The Kier molecular flexibility index (Phi) is 2.94. The molecule has 1 aromatic carbocycles. The largest absolute Gasteiger partial charge is 0.375 e. The van der Waals surface area contributed by atoms with E-state index in [0.29, 0.717) is 6.04 Å². The van der Waals surface area contributed by atoms with Crippen molar-refractivity contribution in [1.82, 2.24) is 4.90 Å². The van der Waals surface area contributed by atoms with Gasteiger partial charge in [0.15, 0.2) is 0 Å². The molecule has 2 unspecified atom stereocenters. The van der Waals surface area contributed by atoms with Crippen LogP contribution in [0.15, 0.2) is 30.3 Å². The van der Waals surface area contributed by atoms with Crippen molar-refractivity contribution in [2.75, 3.05) is 19.7 Å². The summed E-state index contributed by atoms with van der Waals surface area (Å²) in [6, 6.07) is 11.1. The first-order valence-electron chi connectivity index (χ1n) is 6.27. The number of rotatable bonds is 4. The lowest BCUT2D eigenvalue weighted by molar-refractivity contribution is 0.0646. The molecule has 2 heteroatoms. The van der Waals surface area contributed by atoms with Crippen molar-refractivity contribution in [2.24, 2.45) is 5.92 Å². The Bertz CT molecular complexity index is 338. The average molecular weight is 217 g/mol. The summed E-state index contributed by atoms with van der Waals surface area (Å²) >= 11 is 0. The van der Waals surface area contributed by atoms with E-state index in [1.807, 2.05) is 6.07 Å². The molecule has 1 aromatic rings. The zero-order valence-electron chi connectivity index (χ0n) is 9.64. The quantitative estimate of drug-likeness (QED) is 0.767. The molecule has 2 aliphatic rings. The lowest BCUT2D eigenvalue weighted by Crippen LogP contribution is -2.33. The summed E-state index contributed by atoms with van der Waals surface area (Å²) in [5.41, 5.74) is 1.28. The zero-order valence-corrected chi connectivity index (χ0v) is 9.64. The molecule has 2 heterocycles. The molecule has 0 N–H and O–H groups in total. The fourth-order valence-corrected chi connectivity index (χ4v) is 2.98. The number of piperidine rings is 1. The smallest absolute Gasteiger partial charge is 0.0717 e. The third-order valence-electron chi connectivity index (χ3n) is 3.86. The average Bonchev–Trinajstić information content (AvgIpc) is 2.92. The topological polar surface area (TPSA) is 12.5 Å². The van der Waals surface area contributed by atoms with Gasteiger partial charge in [0, 0.05) is 12.6 Å². The van der Waals surface area contributed by atoms with Gasteiger partial charge in [0.2, 0.25) is 0 Å². The molecule has 3 atom stereocenters. The van der Waals surface area contributed by atoms with E-state index < -0.39 is 0 Å².